The van der Waals surface area contributed by atoms with Gasteiger partial charge in [0, 0.05) is 30.6 Å². The molecule has 0 spiro atoms. The Morgan fingerprint density at radius 2 is 2.21 bits per heavy atom. The summed E-state index contributed by atoms with van der Waals surface area (Å²) in [6.07, 6.45) is 2.99. The molecule has 0 atom stereocenters. The molecule has 5 heteroatoms. The van der Waals surface area contributed by atoms with Crippen molar-refractivity contribution in [1.29, 1.82) is 0 Å². The SMILES string of the molecule is Fc1ccccc1C1=CCN(Cc2csnn2)CC1. The summed E-state index contributed by atoms with van der Waals surface area (Å²) in [5.74, 6) is -0.133. The Hall–Kier alpha value is -1.59. The van der Waals surface area contributed by atoms with E-state index in [1.165, 1.54) is 17.6 Å². The standard InChI is InChI=1S/C14H14FN3S/c15-14-4-2-1-3-13(14)11-5-7-18(8-6-11)9-12-10-19-17-16-12/h1-5,10H,6-9H2. The molecule has 0 unspecified atom stereocenters. The lowest BCUT2D eigenvalue weighted by atomic mass is 9.99. The van der Waals surface area contributed by atoms with Gasteiger partial charge in [-0.1, -0.05) is 28.8 Å². The van der Waals surface area contributed by atoms with Crippen LogP contribution in [0.25, 0.3) is 5.57 Å². The molecule has 0 saturated carbocycles. The quantitative estimate of drug-likeness (QED) is 0.862. The lowest BCUT2D eigenvalue weighted by molar-refractivity contribution is 0.290. The van der Waals surface area contributed by atoms with Crippen LogP contribution in [-0.4, -0.2) is 27.6 Å². The molecule has 19 heavy (non-hydrogen) atoms. The predicted octanol–water partition coefficient (Wildman–Crippen LogP) is 2.97. The van der Waals surface area contributed by atoms with Crippen LogP contribution in [0.2, 0.25) is 0 Å². The third kappa shape index (κ3) is 2.88. The average Bonchev–Trinajstić information content (AvgIpc) is 2.93. The van der Waals surface area contributed by atoms with Crippen LogP contribution in [0.4, 0.5) is 4.39 Å². The fraction of sp³-hybridized carbons (Fsp3) is 0.286. The number of halogens is 1. The van der Waals surface area contributed by atoms with Crippen LogP contribution in [0.1, 0.15) is 17.7 Å². The Labute approximate surface area is 115 Å². The number of rotatable bonds is 3. The molecule has 0 N–H and O–H groups in total. The third-order valence-corrected chi connectivity index (χ3v) is 3.86. The molecule has 3 nitrogen and oxygen atoms in total. The minimum absolute atomic E-state index is 0.133. The maximum atomic E-state index is 13.7. The van der Waals surface area contributed by atoms with Crippen LogP contribution in [0.5, 0.6) is 0 Å². The van der Waals surface area contributed by atoms with Crippen LogP contribution in [0, 0.1) is 5.82 Å². The monoisotopic (exact) mass is 275 g/mol. The smallest absolute Gasteiger partial charge is 0.130 e. The van der Waals surface area contributed by atoms with Gasteiger partial charge in [0.05, 0.1) is 5.69 Å². The fourth-order valence-corrected chi connectivity index (χ4v) is 2.75. The van der Waals surface area contributed by atoms with Gasteiger partial charge >= 0.3 is 0 Å². The summed E-state index contributed by atoms with van der Waals surface area (Å²) in [5, 5.41) is 6.02. The van der Waals surface area contributed by atoms with Crippen molar-refractivity contribution in [3.63, 3.8) is 0 Å². The fourth-order valence-electron chi connectivity index (χ4n) is 2.30. The molecule has 0 radical (unpaired) electrons. The van der Waals surface area contributed by atoms with Gasteiger partial charge in [-0.3, -0.25) is 4.90 Å². The van der Waals surface area contributed by atoms with Crippen LogP contribution in [-0.2, 0) is 6.54 Å². The zero-order valence-electron chi connectivity index (χ0n) is 10.4. The molecule has 0 fully saturated rings. The highest BCUT2D eigenvalue weighted by molar-refractivity contribution is 7.03. The predicted molar refractivity (Wildman–Crippen MR) is 74.2 cm³/mol. The first kappa shape index (κ1) is 12.4. The number of hydrogen-bond acceptors (Lipinski definition) is 4. The maximum Gasteiger partial charge on any atom is 0.130 e. The molecular formula is C14H14FN3S. The van der Waals surface area contributed by atoms with E-state index in [-0.39, 0.29) is 5.82 Å². The summed E-state index contributed by atoms with van der Waals surface area (Å²) < 4.78 is 17.6. The Bertz CT molecular complexity index is 580. The number of hydrogen-bond donors (Lipinski definition) is 0. The van der Waals surface area contributed by atoms with Gasteiger partial charge in [-0.05, 0) is 29.6 Å². The molecule has 0 aliphatic carbocycles. The molecule has 3 rings (SSSR count). The van der Waals surface area contributed by atoms with E-state index in [4.69, 9.17) is 0 Å². The lowest BCUT2D eigenvalue weighted by Crippen LogP contribution is -2.28. The Kier molecular flexibility index (Phi) is 3.66. The topological polar surface area (TPSA) is 29.0 Å². The van der Waals surface area contributed by atoms with E-state index in [1.54, 1.807) is 6.07 Å². The van der Waals surface area contributed by atoms with E-state index in [0.717, 1.165) is 42.9 Å². The summed E-state index contributed by atoms with van der Waals surface area (Å²) in [6.45, 7) is 2.58. The van der Waals surface area contributed by atoms with Gasteiger partial charge in [-0.15, -0.1) is 5.10 Å². The molecular weight excluding hydrogens is 261 g/mol. The third-order valence-electron chi connectivity index (χ3n) is 3.30. The molecule has 0 bridgehead atoms. The van der Waals surface area contributed by atoms with Crippen LogP contribution < -0.4 is 0 Å². The highest BCUT2D eigenvalue weighted by Crippen LogP contribution is 2.25. The van der Waals surface area contributed by atoms with E-state index >= 15 is 0 Å². The van der Waals surface area contributed by atoms with E-state index in [9.17, 15) is 4.39 Å². The minimum atomic E-state index is -0.133. The van der Waals surface area contributed by atoms with Gasteiger partial charge in [-0.25, -0.2) is 4.39 Å². The van der Waals surface area contributed by atoms with Crippen molar-refractivity contribution in [3.05, 3.63) is 52.8 Å². The summed E-state index contributed by atoms with van der Waals surface area (Å²) in [6, 6.07) is 6.97. The molecule has 98 valence electrons. The van der Waals surface area contributed by atoms with Gasteiger partial charge in [0.1, 0.15) is 5.82 Å². The van der Waals surface area contributed by atoms with E-state index < -0.39 is 0 Å². The van der Waals surface area contributed by atoms with Crippen molar-refractivity contribution in [3.8, 4) is 0 Å². The molecule has 1 aromatic carbocycles. The minimum Gasteiger partial charge on any atom is -0.293 e. The lowest BCUT2D eigenvalue weighted by Gasteiger charge is -2.25. The van der Waals surface area contributed by atoms with E-state index in [2.05, 4.69) is 20.6 Å². The number of benzene rings is 1. The van der Waals surface area contributed by atoms with Gasteiger partial charge in [-0.2, -0.15) is 0 Å². The molecule has 1 aliphatic heterocycles. The van der Waals surface area contributed by atoms with Crippen molar-refractivity contribution >= 4 is 17.1 Å². The first-order valence-electron chi connectivity index (χ1n) is 6.25. The molecule has 2 heterocycles. The Balaban J connectivity index is 1.69. The normalized spacial score (nSPS) is 16.4. The number of nitrogens with zero attached hydrogens (tertiary/aromatic N) is 3. The second kappa shape index (κ2) is 5.59. The second-order valence-electron chi connectivity index (χ2n) is 4.59. The van der Waals surface area contributed by atoms with Crippen LogP contribution in [0.3, 0.4) is 0 Å². The maximum absolute atomic E-state index is 13.7. The summed E-state index contributed by atoms with van der Waals surface area (Å²) in [5.41, 5.74) is 2.84. The molecule has 2 aromatic rings. The highest BCUT2D eigenvalue weighted by atomic mass is 32.1. The van der Waals surface area contributed by atoms with Gasteiger partial charge < -0.3 is 0 Å². The zero-order chi connectivity index (χ0) is 13.1. The average molecular weight is 275 g/mol. The van der Waals surface area contributed by atoms with Gasteiger partial charge in [0.15, 0.2) is 0 Å². The molecule has 0 amide bonds. The molecule has 0 saturated heterocycles. The summed E-state index contributed by atoms with van der Waals surface area (Å²) in [4.78, 5) is 2.29. The van der Waals surface area contributed by atoms with Gasteiger partial charge in [0.25, 0.3) is 0 Å². The van der Waals surface area contributed by atoms with Crippen molar-refractivity contribution in [1.82, 2.24) is 14.5 Å². The van der Waals surface area contributed by atoms with Crippen LogP contribution >= 0.6 is 11.5 Å². The van der Waals surface area contributed by atoms with Crippen molar-refractivity contribution in [2.24, 2.45) is 0 Å². The molecule has 1 aliphatic rings. The Morgan fingerprint density at radius 1 is 1.32 bits per heavy atom. The summed E-state index contributed by atoms with van der Waals surface area (Å²) >= 11 is 1.37. The Morgan fingerprint density at radius 3 is 2.89 bits per heavy atom. The molecule has 1 aromatic heterocycles. The van der Waals surface area contributed by atoms with Crippen molar-refractivity contribution in [2.45, 2.75) is 13.0 Å². The van der Waals surface area contributed by atoms with E-state index in [1.807, 2.05) is 17.5 Å². The van der Waals surface area contributed by atoms with E-state index in [0.29, 0.717) is 0 Å². The van der Waals surface area contributed by atoms with Crippen molar-refractivity contribution < 1.29 is 4.39 Å². The van der Waals surface area contributed by atoms with Crippen LogP contribution in [0.15, 0.2) is 35.7 Å². The second-order valence-corrected chi connectivity index (χ2v) is 5.20. The van der Waals surface area contributed by atoms with Gasteiger partial charge in [0.2, 0.25) is 0 Å². The number of aromatic nitrogens is 2. The van der Waals surface area contributed by atoms with Crippen molar-refractivity contribution in [2.75, 3.05) is 13.1 Å². The first-order valence-corrected chi connectivity index (χ1v) is 7.09. The summed E-state index contributed by atoms with van der Waals surface area (Å²) in [7, 11) is 0. The zero-order valence-corrected chi connectivity index (χ0v) is 11.2. The highest BCUT2D eigenvalue weighted by Gasteiger charge is 2.15. The first-order chi connectivity index (χ1) is 9.33. The largest absolute Gasteiger partial charge is 0.293 e.